The van der Waals surface area contributed by atoms with Crippen LogP contribution in [-0.4, -0.2) is 14.8 Å². The molecule has 1 aromatic rings. The molecule has 13 heavy (non-hydrogen) atoms. The second-order valence-corrected chi connectivity index (χ2v) is 3.62. The molecular formula is C9H18N4. The second kappa shape index (κ2) is 3.87. The Hall–Kier alpha value is -0.900. The summed E-state index contributed by atoms with van der Waals surface area (Å²) in [6, 6.07) is 0. The number of aryl methyl sites for hydroxylation is 1. The van der Waals surface area contributed by atoms with Crippen molar-refractivity contribution >= 4 is 0 Å². The third-order valence-electron chi connectivity index (χ3n) is 2.33. The van der Waals surface area contributed by atoms with Gasteiger partial charge in [-0.2, -0.15) is 0 Å². The number of nitrogens with two attached hydrogens (primary N) is 1. The topological polar surface area (TPSA) is 56.7 Å². The Morgan fingerprint density at radius 2 is 2.23 bits per heavy atom. The Bertz CT molecular complexity index is 264. The fourth-order valence-corrected chi connectivity index (χ4v) is 1.26. The zero-order chi connectivity index (χ0) is 9.90. The Labute approximate surface area is 79.2 Å². The Morgan fingerprint density at radius 1 is 1.54 bits per heavy atom. The van der Waals surface area contributed by atoms with E-state index in [1.165, 1.54) is 0 Å². The van der Waals surface area contributed by atoms with E-state index in [4.69, 9.17) is 5.73 Å². The molecule has 1 rings (SSSR count). The van der Waals surface area contributed by atoms with Gasteiger partial charge in [0.15, 0.2) is 5.82 Å². The third-order valence-corrected chi connectivity index (χ3v) is 2.33. The van der Waals surface area contributed by atoms with Gasteiger partial charge in [0.2, 0.25) is 0 Å². The van der Waals surface area contributed by atoms with E-state index in [-0.39, 0.29) is 5.54 Å². The van der Waals surface area contributed by atoms with Gasteiger partial charge in [-0.1, -0.05) is 13.8 Å². The van der Waals surface area contributed by atoms with Gasteiger partial charge in [0.05, 0.1) is 5.54 Å². The van der Waals surface area contributed by atoms with Gasteiger partial charge in [0, 0.05) is 6.54 Å². The summed E-state index contributed by atoms with van der Waals surface area (Å²) in [5, 5.41) is 7.95. The third kappa shape index (κ3) is 2.06. The lowest BCUT2D eigenvalue weighted by Crippen LogP contribution is -2.35. The molecule has 0 aliphatic rings. The molecule has 1 aromatic heterocycles. The molecular weight excluding hydrogens is 164 g/mol. The van der Waals surface area contributed by atoms with Gasteiger partial charge in [-0.05, 0) is 19.8 Å². The van der Waals surface area contributed by atoms with E-state index < -0.39 is 0 Å². The van der Waals surface area contributed by atoms with Crippen molar-refractivity contribution in [2.45, 2.75) is 45.7 Å². The predicted molar refractivity (Wildman–Crippen MR) is 52.1 cm³/mol. The maximum Gasteiger partial charge on any atom is 0.152 e. The van der Waals surface area contributed by atoms with E-state index in [0.717, 1.165) is 25.2 Å². The maximum atomic E-state index is 6.09. The highest BCUT2D eigenvalue weighted by Crippen LogP contribution is 2.18. The number of hydrogen-bond donors (Lipinski definition) is 1. The van der Waals surface area contributed by atoms with Gasteiger partial charge >= 0.3 is 0 Å². The highest BCUT2D eigenvalue weighted by atomic mass is 15.3. The second-order valence-electron chi connectivity index (χ2n) is 3.62. The molecule has 1 unspecified atom stereocenters. The summed E-state index contributed by atoms with van der Waals surface area (Å²) in [5.74, 6) is 0.886. The van der Waals surface area contributed by atoms with E-state index in [1.807, 2.05) is 11.5 Å². The van der Waals surface area contributed by atoms with Crippen LogP contribution in [0.15, 0.2) is 6.33 Å². The van der Waals surface area contributed by atoms with Gasteiger partial charge in [-0.3, -0.25) is 0 Å². The zero-order valence-electron chi connectivity index (χ0n) is 8.62. The summed E-state index contributed by atoms with van der Waals surface area (Å²) >= 11 is 0. The first kappa shape index (κ1) is 10.2. The molecule has 0 bridgehead atoms. The lowest BCUT2D eigenvalue weighted by atomic mass is 9.99. The molecule has 0 radical (unpaired) electrons. The van der Waals surface area contributed by atoms with Crippen LogP contribution in [0.1, 0.15) is 39.4 Å². The van der Waals surface area contributed by atoms with Crippen LogP contribution in [0.25, 0.3) is 0 Å². The van der Waals surface area contributed by atoms with Crippen LogP contribution < -0.4 is 5.73 Å². The van der Waals surface area contributed by atoms with Gasteiger partial charge < -0.3 is 10.3 Å². The van der Waals surface area contributed by atoms with Crippen molar-refractivity contribution in [2.24, 2.45) is 5.73 Å². The average molecular weight is 182 g/mol. The largest absolute Gasteiger partial charge is 0.319 e. The van der Waals surface area contributed by atoms with E-state index in [0.29, 0.717) is 0 Å². The highest BCUT2D eigenvalue weighted by Gasteiger charge is 2.24. The molecule has 0 saturated heterocycles. The van der Waals surface area contributed by atoms with Gasteiger partial charge in [-0.25, -0.2) is 0 Å². The zero-order valence-corrected chi connectivity index (χ0v) is 8.62. The van der Waals surface area contributed by atoms with Crippen molar-refractivity contribution in [1.29, 1.82) is 0 Å². The summed E-state index contributed by atoms with van der Waals surface area (Å²) in [6.07, 6.45) is 3.69. The van der Waals surface area contributed by atoms with E-state index in [2.05, 4.69) is 24.0 Å². The SMILES string of the molecule is CCCn1cnnc1C(C)(N)CC. The lowest BCUT2D eigenvalue weighted by molar-refractivity contribution is 0.417. The Kier molecular flexibility index (Phi) is 3.03. The van der Waals surface area contributed by atoms with Crippen molar-refractivity contribution < 1.29 is 0 Å². The first-order chi connectivity index (χ1) is 6.11. The minimum Gasteiger partial charge on any atom is -0.319 e. The van der Waals surface area contributed by atoms with Crippen LogP contribution in [0, 0.1) is 0 Å². The minimum atomic E-state index is -0.355. The van der Waals surface area contributed by atoms with Crippen molar-refractivity contribution in [3.05, 3.63) is 12.2 Å². The van der Waals surface area contributed by atoms with E-state index in [1.54, 1.807) is 6.33 Å². The fraction of sp³-hybridized carbons (Fsp3) is 0.778. The standard InChI is InChI=1S/C9H18N4/c1-4-6-13-7-11-12-8(13)9(3,10)5-2/h7H,4-6,10H2,1-3H3. The monoisotopic (exact) mass is 182 g/mol. The molecule has 0 spiro atoms. The van der Waals surface area contributed by atoms with Crippen LogP contribution in [0.2, 0.25) is 0 Å². The molecule has 0 aliphatic carbocycles. The first-order valence-electron chi connectivity index (χ1n) is 4.79. The molecule has 4 heteroatoms. The molecule has 0 amide bonds. The van der Waals surface area contributed by atoms with Crippen molar-refractivity contribution in [2.75, 3.05) is 0 Å². The van der Waals surface area contributed by atoms with Crippen molar-refractivity contribution in [3.63, 3.8) is 0 Å². The fourth-order valence-electron chi connectivity index (χ4n) is 1.26. The number of hydrogen-bond acceptors (Lipinski definition) is 3. The molecule has 0 fully saturated rings. The minimum absolute atomic E-state index is 0.355. The quantitative estimate of drug-likeness (QED) is 0.763. The predicted octanol–water partition coefficient (Wildman–Crippen LogP) is 1.27. The van der Waals surface area contributed by atoms with Crippen molar-refractivity contribution in [3.8, 4) is 0 Å². The van der Waals surface area contributed by atoms with Gasteiger partial charge in [-0.15, -0.1) is 10.2 Å². The Balaban J connectivity index is 2.93. The summed E-state index contributed by atoms with van der Waals surface area (Å²) in [6.45, 7) is 7.12. The number of aromatic nitrogens is 3. The highest BCUT2D eigenvalue weighted by molar-refractivity contribution is 5.02. The van der Waals surface area contributed by atoms with Crippen LogP contribution >= 0.6 is 0 Å². The van der Waals surface area contributed by atoms with Crippen LogP contribution in [0.3, 0.4) is 0 Å². The number of rotatable bonds is 4. The van der Waals surface area contributed by atoms with Crippen LogP contribution in [0.4, 0.5) is 0 Å². The normalized spacial score (nSPS) is 15.7. The molecule has 2 N–H and O–H groups in total. The Morgan fingerprint density at radius 3 is 2.77 bits per heavy atom. The molecule has 74 valence electrons. The molecule has 1 atom stereocenters. The molecule has 0 aliphatic heterocycles. The lowest BCUT2D eigenvalue weighted by Gasteiger charge is -2.22. The summed E-state index contributed by atoms with van der Waals surface area (Å²) in [5.41, 5.74) is 5.73. The van der Waals surface area contributed by atoms with E-state index >= 15 is 0 Å². The van der Waals surface area contributed by atoms with E-state index in [9.17, 15) is 0 Å². The van der Waals surface area contributed by atoms with Gasteiger partial charge in [0.1, 0.15) is 6.33 Å². The molecule has 0 aromatic carbocycles. The van der Waals surface area contributed by atoms with Gasteiger partial charge in [0.25, 0.3) is 0 Å². The van der Waals surface area contributed by atoms with Crippen molar-refractivity contribution in [1.82, 2.24) is 14.8 Å². The smallest absolute Gasteiger partial charge is 0.152 e. The first-order valence-corrected chi connectivity index (χ1v) is 4.79. The average Bonchev–Trinajstić information content (AvgIpc) is 2.54. The maximum absolute atomic E-state index is 6.09. The van der Waals surface area contributed by atoms with Crippen LogP contribution in [0.5, 0.6) is 0 Å². The molecule has 1 heterocycles. The molecule has 0 saturated carbocycles. The summed E-state index contributed by atoms with van der Waals surface area (Å²) < 4.78 is 2.03. The summed E-state index contributed by atoms with van der Waals surface area (Å²) in [4.78, 5) is 0. The number of nitrogens with zero attached hydrogens (tertiary/aromatic N) is 3. The summed E-state index contributed by atoms with van der Waals surface area (Å²) in [7, 11) is 0. The molecule has 4 nitrogen and oxygen atoms in total. The van der Waals surface area contributed by atoms with Crippen LogP contribution in [-0.2, 0) is 12.1 Å².